The maximum Gasteiger partial charge on any atom is 0.0562 e. The lowest BCUT2D eigenvalue weighted by Gasteiger charge is -2.04. The zero-order valence-electron chi connectivity index (χ0n) is 9.20. The lowest BCUT2D eigenvalue weighted by atomic mass is 10.1. The molecule has 0 aliphatic carbocycles. The Labute approximate surface area is 90.4 Å². The molecule has 0 aliphatic heterocycles. The van der Waals surface area contributed by atoms with Crippen LogP contribution in [0.5, 0.6) is 0 Å². The molecular formula is C12H17N3. The summed E-state index contributed by atoms with van der Waals surface area (Å²) in [5.74, 6) is 0. The van der Waals surface area contributed by atoms with Gasteiger partial charge in [-0.05, 0) is 25.0 Å². The van der Waals surface area contributed by atoms with Gasteiger partial charge in [0.15, 0.2) is 0 Å². The van der Waals surface area contributed by atoms with Crippen LogP contribution in [-0.2, 0) is 0 Å². The summed E-state index contributed by atoms with van der Waals surface area (Å²) in [7, 11) is 0. The van der Waals surface area contributed by atoms with Crippen LogP contribution in [0.2, 0.25) is 0 Å². The second-order valence-electron chi connectivity index (χ2n) is 3.50. The van der Waals surface area contributed by atoms with Crippen molar-refractivity contribution >= 4 is 5.57 Å². The van der Waals surface area contributed by atoms with E-state index in [1.807, 2.05) is 32.2 Å². The number of nitrogens with zero attached hydrogens (tertiary/aromatic N) is 1. The van der Waals surface area contributed by atoms with Crippen LogP contribution in [0.15, 0.2) is 42.8 Å². The number of rotatable bonds is 4. The number of aromatic nitrogens is 2. The normalized spacial score (nSPS) is 15.1. The first kappa shape index (κ1) is 11.5. The second kappa shape index (κ2) is 5.32. The van der Waals surface area contributed by atoms with Gasteiger partial charge in [-0.2, -0.15) is 5.10 Å². The number of H-pyrrole nitrogens is 1. The highest BCUT2D eigenvalue weighted by molar-refractivity contribution is 5.64. The minimum Gasteiger partial charge on any atom is -0.324 e. The second-order valence-corrected chi connectivity index (χ2v) is 3.50. The fourth-order valence-electron chi connectivity index (χ4n) is 1.19. The summed E-state index contributed by atoms with van der Waals surface area (Å²) in [6, 6.07) is 0.0101. The molecule has 0 fully saturated rings. The quantitative estimate of drug-likeness (QED) is 0.737. The molecule has 3 N–H and O–H groups in total. The molecule has 0 spiro atoms. The third-order valence-corrected chi connectivity index (χ3v) is 2.24. The molecule has 0 saturated carbocycles. The molecule has 0 aliphatic rings. The van der Waals surface area contributed by atoms with Gasteiger partial charge in [-0.15, -0.1) is 0 Å². The maximum atomic E-state index is 5.76. The Morgan fingerprint density at radius 1 is 1.60 bits per heavy atom. The summed E-state index contributed by atoms with van der Waals surface area (Å²) in [4.78, 5) is 0. The number of aromatic amines is 1. The van der Waals surface area contributed by atoms with E-state index >= 15 is 0 Å². The fourth-order valence-corrected chi connectivity index (χ4v) is 1.19. The van der Waals surface area contributed by atoms with E-state index in [2.05, 4.69) is 16.8 Å². The van der Waals surface area contributed by atoms with Crippen LogP contribution in [-0.4, -0.2) is 16.2 Å². The summed E-state index contributed by atoms with van der Waals surface area (Å²) >= 11 is 0. The molecule has 0 aromatic carbocycles. The molecule has 3 heteroatoms. The molecule has 15 heavy (non-hydrogen) atoms. The van der Waals surface area contributed by atoms with Crippen LogP contribution in [0.25, 0.3) is 5.57 Å². The third kappa shape index (κ3) is 3.22. The van der Waals surface area contributed by atoms with Gasteiger partial charge in [-0.1, -0.05) is 24.8 Å². The van der Waals surface area contributed by atoms with Crippen molar-refractivity contribution in [2.75, 3.05) is 0 Å². The zero-order chi connectivity index (χ0) is 11.3. The SMILES string of the molecule is C=C/C(=C\C=C(/C)c1cn[nH]c1)C(C)N. The fraction of sp³-hybridized carbons (Fsp3) is 0.250. The maximum absolute atomic E-state index is 5.76. The van der Waals surface area contributed by atoms with Crippen LogP contribution in [0.4, 0.5) is 0 Å². The van der Waals surface area contributed by atoms with Crippen molar-refractivity contribution in [1.82, 2.24) is 10.2 Å². The number of hydrogen-bond acceptors (Lipinski definition) is 2. The predicted molar refractivity (Wildman–Crippen MR) is 64.2 cm³/mol. The van der Waals surface area contributed by atoms with Crippen molar-refractivity contribution < 1.29 is 0 Å². The minimum absolute atomic E-state index is 0.0101. The molecule has 3 nitrogen and oxygen atoms in total. The van der Waals surface area contributed by atoms with Crippen molar-refractivity contribution in [3.05, 3.63) is 48.3 Å². The number of nitrogens with two attached hydrogens (primary N) is 1. The van der Waals surface area contributed by atoms with E-state index in [4.69, 9.17) is 5.73 Å². The largest absolute Gasteiger partial charge is 0.324 e. The van der Waals surface area contributed by atoms with Crippen molar-refractivity contribution in [2.45, 2.75) is 19.9 Å². The van der Waals surface area contributed by atoms with E-state index in [0.29, 0.717) is 0 Å². The van der Waals surface area contributed by atoms with Gasteiger partial charge in [0.05, 0.1) is 6.20 Å². The molecule has 1 rings (SSSR count). The van der Waals surface area contributed by atoms with Gasteiger partial charge < -0.3 is 5.73 Å². The lowest BCUT2D eigenvalue weighted by molar-refractivity contribution is 0.886. The summed E-state index contributed by atoms with van der Waals surface area (Å²) in [5, 5.41) is 6.67. The van der Waals surface area contributed by atoms with Crippen LogP contribution < -0.4 is 5.73 Å². The van der Waals surface area contributed by atoms with Gasteiger partial charge in [-0.3, -0.25) is 5.10 Å². The monoisotopic (exact) mass is 203 g/mol. The Kier molecular flexibility index (Phi) is 4.06. The molecule has 0 saturated heterocycles. The Bertz CT molecular complexity index is 370. The first-order valence-corrected chi connectivity index (χ1v) is 4.90. The number of nitrogens with one attached hydrogen (secondary N) is 1. The average Bonchev–Trinajstić information content (AvgIpc) is 2.70. The predicted octanol–water partition coefficient (Wildman–Crippen LogP) is 2.27. The van der Waals surface area contributed by atoms with Gasteiger partial charge >= 0.3 is 0 Å². The van der Waals surface area contributed by atoms with Crippen molar-refractivity contribution in [3.63, 3.8) is 0 Å². The van der Waals surface area contributed by atoms with E-state index in [0.717, 1.165) is 16.7 Å². The van der Waals surface area contributed by atoms with Gasteiger partial charge in [0.2, 0.25) is 0 Å². The molecule has 1 atom stereocenters. The zero-order valence-corrected chi connectivity index (χ0v) is 9.20. The van der Waals surface area contributed by atoms with Gasteiger partial charge in [0, 0.05) is 17.8 Å². The summed E-state index contributed by atoms with van der Waals surface area (Å²) in [5.41, 5.74) is 9.02. The van der Waals surface area contributed by atoms with Crippen molar-refractivity contribution in [3.8, 4) is 0 Å². The molecule has 0 amide bonds. The molecule has 1 aromatic rings. The highest BCUT2D eigenvalue weighted by atomic mass is 15.1. The Morgan fingerprint density at radius 3 is 2.80 bits per heavy atom. The molecule has 80 valence electrons. The Balaban J connectivity index is 2.84. The molecular weight excluding hydrogens is 186 g/mol. The van der Waals surface area contributed by atoms with E-state index in [9.17, 15) is 0 Å². The minimum atomic E-state index is 0.0101. The molecule has 1 unspecified atom stereocenters. The molecule has 0 bridgehead atoms. The summed E-state index contributed by atoms with van der Waals surface area (Å²) < 4.78 is 0. The third-order valence-electron chi connectivity index (χ3n) is 2.24. The highest BCUT2D eigenvalue weighted by Crippen LogP contribution is 2.12. The molecule has 1 heterocycles. The van der Waals surface area contributed by atoms with Crippen LogP contribution >= 0.6 is 0 Å². The standard InChI is InChI=1S/C12H17N3/c1-4-11(10(3)13)6-5-9(2)12-7-14-15-8-12/h4-8,10H,1,13H2,2-3H3,(H,14,15)/b9-5+,11-6+. The Morgan fingerprint density at radius 2 is 2.33 bits per heavy atom. The smallest absolute Gasteiger partial charge is 0.0562 e. The first-order chi connectivity index (χ1) is 7.15. The molecule has 0 radical (unpaired) electrons. The Hall–Kier alpha value is -1.61. The van der Waals surface area contributed by atoms with Gasteiger partial charge in [0.25, 0.3) is 0 Å². The van der Waals surface area contributed by atoms with E-state index < -0.39 is 0 Å². The number of allylic oxidation sites excluding steroid dienone is 3. The highest BCUT2D eigenvalue weighted by Gasteiger charge is 1.98. The van der Waals surface area contributed by atoms with Crippen LogP contribution in [0, 0.1) is 0 Å². The van der Waals surface area contributed by atoms with E-state index in [1.165, 1.54) is 0 Å². The first-order valence-electron chi connectivity index (χ1n) is 4.90. The summed E-state index contributed by atoms with van der Waals surface area (Å²) in [6.07, 6.45) is 9.44. The van der Waals surface area contributed by atoms with E-state index in [1.54, 1.807) is 12.3 Å². The van der Waals surface area contributed by atoms with Crippen LogP contribution in [0.1, 0.15) is 19.4 Å². The van der Waals surface area contributed by atoms with E-state index in [-0.39, 0.29) is 6.04 Å². The topological polar surface area (TPSA) is 54.7 Å². The summed E-state index contributed by atoms with van der Waals surface area (Å²) in [6.45, 7) is 7.70. The average molecular weight is 203 g/mol. The molecule has 1 aromatic heterocycles. The van der Waals surface area contributed by atoms with Crippen LogP contribution in [0.3, 0.4) is 0 Å². The van der Waals surface area contributed by atoms with Crippen molar-refractivity contribution in [2.24, 2.45) is 5.73 Å². The van der Waals surface area contributed by atoms with Crippen molar-refractivity contribution in [1.29, 1.82) is 0 Å². The number of hydrogen-bond donors (Lipinski definition) is 2. The van der Waals surface area contributed by atoms with Gasteiger partial charge in [0.1, 0.15) is 0 Å². The van der Waals surface area contributed by atoms with Gasteiger partial charge in [-0.25, -0.2) is 0 Å². The lowest BCUT2D eigenvalue weighted by Crippen LogP contribution is -2.16.